The lowest BCUT2D eigenvalue weighted by atomic mass is 9.97. The molecular formula is C45H86O14. The summed E-state index contributed by atoms with van der Waals surface area (Å²) >= 11 is 0. The first-order chi connectivity index (χ1) is 28.7. The second kappa shape index (κ2) is 34.5. The smallest absolute Gasteiger partial charge is 0.306 e. The van der Waals surface area contributed by atoms with Gasteiger partial charge >= 0.3 is 5.97 Å². The van der Waals surface area contributed by atoms with Crippen LogP contribution in [0.1, 0.15) is 181 Å². The van der Waals surface area contributed by atoms with E-state index in [0.717, 1.165) is 38.5 Å². The Morgan fingerprint density at radius 3 is 1.44 bits per heavy atom. The first-order valence-corrected chi connectivity index (χ1v) is 23.7. The van der Waals surface area contributed by atoms with Gasteiger partial charge in [-0.05, 0) is 12.8 Å². The van der Waals surface area contributed by atoms with E-state index in [1.807, 2.05) is 0 Å². The van der Waals surface area contributed by atoms with Gasteiger partial charge in [0.25, 0.3) is 0 Å². The number of aliphatic hydroxyl groups excluding tert-OH is 7. The SMILES string of the molecule is CCCCCCCCCCCCCCCOC[C@@H](CO[C@H]1O[C@H](CO)[C@@H](O)[C@@H](O[C@H]2O[C@H](CO)[C@@H](O)[C@H](O)[C@H]2O)[C@H]1O)OC(=O)CCCCCCCCCCCCCC. The molecule has 0 spiro atoms. The van der Waals surface area contributed by atoms with Gasteiger partial charge in [0.15, 0.2) is 12.6 Å². The molecule has 14 heteroatoms. The summed E-state index contributed by atoms with van der Waals surface area (Å²) in [6.07, 6.45) is 14.0. The molecule has 0 saturated carbocycles. The molecule has 2 saturated heterocycles. The Bertz CT molecular complexity index is 990. The molecule has 14 nitrogen and oxygen atoms in total. The average Bonchev–Trinajstić information content (AvgIpc) is 3.23. The van der Waals surface area contributed by atoms with Crippen LogP contribution in [-0.4, -0.2) is 142 Å². The van der Waals surface area contributed by atoms with Crippen molar-refractivity contribution >= 4 is 5.97 Å². The Labute approximate surface area is 355 Å². The van der Waals surface area contributed by atoms with Crippen LogP contribution in [0.2, 0.25) is 0 Å². The fourth-order valence-corrected chi connectivity index (χ4v) is 7.80. The highest BCUT2D eigenvalue weighted by Gasteiger charge is 2.51. The summed E-state index contributed by atoms with van der Waals surface area (Å²) in [4.78, 5) is 13.0. The summed E-state index contributed by atoms with van der Waals surface area (Å²) in [5.74, 6) is -0.382. The Hall–Kier alpha value is -1.01. The fourth-order valence-electron chi connectivity index (χ4n) is 7.80. The first kappa shape index (κ1) is 54.1. The highest BCUT2D eigenvalue weighted by Crippen LogP contribution is 2.30. The van der Waals surface area contributed by atoms with Gasteiger partial charge in [-0.25, -0.2) is 0 Å². The summed E-state index contributed by atoms with van der Waals surface area (Å²) in [7, 11) is 0. The summed E-state index contributed by atoms with van der Waals surface area (Å²) in [5.41, 5.74) is 0. The summed E-state index contributed by atoms with van der Waals surface area (Å²) in [6, 6.07) is 0. The maximum atomic E-state index is 13.0. The van der Waals surface area contributed by atoms with E-state index in [1.54, 1.807) is 0 Å². The Balaban J connectivity index is 1.85. The van der Waals surface area contributed by atoms with E-state index in [2.05, 4.69) is 13.8 Å². The van der Waals surface area contributed by atoms with E-state index >= 15 is 0 Å². The van der Waals surface area contributed by atoms with Crippen molar-refractivity contribution in [1.82, 2.24) is 0 Å². The summed E-state index contributed by atoms with van der Waals surface area (Å²) in [6.45, 7) is 3.41. The molecule has 0 unspecified atom stereocenters. The van der Waals surface area contributed by atoms with Gasteiger partial charge in [-0.15, -0.1) is 0 Å². The lowest BCUT2D eigenvalue weighted by Crippen LogP contribution is -2.65. The highest BCUT2D eigenvalue weighted by atomic mass is 16.7. The van der Waals surface area contributed by atoms with E-state index in [4.69, 9.17) is 28.4 Å². The average molecular weight is 851 g/mol. The van der Waals surface area contributed by atoms with Crippen molar-refractivity contribution in [2.24, 2.45) is 0 Å². The molecule has 0 aliphatic carbocycles. The number of hydrogen-bond acceptors (Lipinski definition) is 14. The number of ether oxygens (including phenoxy) is 6. The van der Waals surface area contributed by atoms with Crippen molar-refractivity contribution in [3.05, 3.63) is 0 Å². The maximum absolute atomic E-state index is 13.0. The van der Waals surface area contributed by atoms with Crippen molar-refractivity contribution in [3.63, 3.8) is 0 Å². The van der Waals surface area contributed by atoms with Crippen molar-refractivity contribution in [2.45, 2.75) is 248 Å². The van der Waals surface area contributed by atoms with Crippen LogP contribution in [0.4, 0.5) is 0 Å². The second-order valence-electron chi connectivity index (χ2n) is 16.9. The van der Waals surface area contributed by atoms with Crippen molar-refractivity contribution < 1.29 is 69.0 Å². The van der Waals surface area contributed by atoms with Crippen LogP contribution in [0.15, 0.2) is 0 Å². The third-order valence-corrected chi connectivity index (χ3v) is 11.6. The van der Waals surface area contributed by atoms with Crippen LogP contribution in [0.3, 0.4) is 0 Å². The van der Waals surface area contributed by atoms with Gasteiger partial charge < -0.3 is 64.2 Å². The van der Waals surface area contributed by atoms with Crippen LogP contribution < -0.4 is 0 Å². The minimum Gasteiger partial charge on any atom is -0.457 e. The molecule has 2 rings (SSSR count). The minimum atomic E-state index is -1.79. The van der Waals surface area contributed by atoms with Crippen LogP contribution in [0.5, 0.6) is 0 Å². The Kier molecular flexibility index (Phi) is 31.6. The van der Waals surface area contributed by atoms with E-state index in [1.165, 1.54) is 116 Å². The van der Waals surface area contributed by atoms with Gasteiger partial charge in [-0.3, -0.25) is 4.79 Å². The predicted molar refractivity (Wildman–Crippen MR) is 224 cm³/mol. The minimum absolute atomic E-state index is 0.0576. The van der Waals surface area contributed by atoms with Crippen LogP contribution in [0.25, 0.3) is 0 Å². The largest absolute Gasteiger partial charge is 0.457 e. The predicted octanol–water partition coefficient (Wildman–Crippen LogP) is 5.74. The summed E-state index contributed by atoms with van der Waals surface area (Å²) < 4.78 is 34.4. The normalized spacial score (nSPS) is 27.9. The molecule has 2 fully saturated rings. The first-order valence-electron chi connectivity index (χ1n) is 23.7. The third-order valence-electron chi connectivity index (χ3n) is 11.6. The lowest BCUT2D eigenvalue weighted by Gasteiger charge is -2.46. The number of rotatable bonds is 37. The van der Waals surface area contributed by atoms with E-state index < -0.39 is 80.7 Å². The number of unbranched alkanes of at least 4 members (excludes halogenated alkanes) is 23. The van der Waals surface area contributed by atoms with Gasteiger partial charge in [0.1, 0.15) is 54.9 Å². The number of hydrogen-bond donors (Lipinski definition) is 7. The van der Waals surface area contributed by atoms with Crippen molar-refractivity contribution in [2.75, 3.05) is 33.0 Å². The molecule has 2 aliphatic rings. The van der Waals surface area contributed by atoms with Gasteiger partial charge in [-0.1, -0.05) is 162 Å². The highest BCUT2D eigenvalue weighted by molar-refractivity contribution is 5.69. The fraction of sp³-hybridized carbons (Fsp3) is 0.978. The van der Waals surface area contributed by atoms with E-state index in [0.29, 0.717) is 13.0 Å². The van der Waals surface area contributed by atoms with Gasteiger partial charge in [0.05, 0.1) is 26.4 Å². The molecule has 2 aliphatic heterocycles. The van der Waals surface area contributed by atoms with Gasteiger partial charge in [0.2, 0.25) is 0 Å². The van der Waals surface area contributed by atoms with E-state index in [-0.39, 0.29) is 25.6 Å². The molecule has 11 atom stereocenters. The quantitative estimate of drug-likeness (QED) is 0.0294. The molecule has 0 bridgehead atoms. The van der Waals surface area contributed by atoms with Crippen molar-refractivity contribution in [1.29, 1.82) is 0 Å². The topological polar surface area (TPSA) is 214 Å². The molecule has 0 aromatic rings. The van der Waals surface area contributed by atoms with Crippen LogP contribution in [0, 0.1) is 0 Å². The molecule has 0 aromatic heterocycles. The second-order valence-corrected chi connectivity index (χ2v) is 16.9. The number of esters is 1. The lowest BCUT2D eigenvalue weighted by molar-refractivity contribution is -0.361. The van der Waals surface area contributed by atoms with Gasteiger partial charge in [-0.2, -0.15) is 0 Å². The summed E-state index contributed by atoms with van der Waals surface area (Å²) in [5, 5.41) is 72.4. The third kappa shape index (κ3) is 22.8. The molecule has 0 aromatic carbocycles. The zero-order chi connectivity index (χ0) is 43.1. The molecule has 0 radical (unpaired) electrons. The monoisotopic (exact) mass is 851 g/mol. The number of carbonyl (C=O) groups excluding carboxylic acids is 1. The van der Waals surface area contributed by atoms with Crippen LogP contribution >= 0.6 is 0 Å². The zero-order valence-electron chi connectivity index (χ0n) is 36.8. The van der Waals surface area contributed by atoms with Crippen LogP contribution in [-0.2, 0) is 33.2 Å². The van der Waals surface area contributed by atoms with Gasteiger partial charge in [0, 0.05) is 13.0 Å². The van der Waals surface area contributed by atoms with E-state index in [9.17, 15) is 40.5 Å². The Morgan fingerprint density at radius 2 is 0.949 bits per heavy atom. The van der Waals surface area contributed by atoms with Crippen molar-refractivity contribution in [3.8, 4) is 0 Å². The standard InChI is InChI=1S/C45H86O14/c1-3-5-7-9-11-13-15-17-19-21-23-25-27-29-54-32-34(56-37(48)28-26-24-22-20-18-16-14-12-10-8-6-4-2)33-55-44-42(53)43(39(50)36(31-47)57-44)59-45-41(52)40(51)38(49)35(30-46)58-45/h34-36,38-47,49-53H,3-33H2,1-2H3/t34-,35+,36+,38+,39+,40-,41+,42+,43+,44-,45+/m0/s1. The molecule has 59 heavy (non-hydrogen) atoms. The Morgan fingerprint density at radius 1 is 0.508 bits per heavy atom. The zero-order valence-corrected chi connectivity index (χ0v) is 36.8. The molecule has 350 valence electrons. The maximum Gasteiger partial charge on any atom is 0.306 e. The molecule has 0 amide bonds. The molecule has 2 heterocycles. The molecular weight excluding hydrogens is 764 g/mol. The number of carbonyl (C=O) groups is 1. The molecule has 7 N–H and O–H groups in total. The number of aliphatic hydroxyl groups is 7.